The molecule has 5 rings (SSSR count). The molecule has 7 nitrogen and oxygen atoms in total. The first-order valence-electron chi connectivity index (χ1n) is 10.7. The summed E-state index contributed by atoms with van der Waals surface area (Å²) in [6, 6.07) is 14.5. The molecule has 2 aliphatic heterocycles. The maximum absolute atomic E-state index is 13.4. The van der Waals surface area contributed by atoms with Gasteiger partial charge >= 0.3 is 0 Å². The van der Waals surface area contributed by atoms with Crippen LogP contribution in [-0.2, 0) is 4.74 Å². The molecule has 2 atom stereocenters. The van der Waals surface area contributed by atoms with Crippen LogP contribution < -0.4 is 4.74 Å². The third-order valence-corrected chi connectivity index (χ3v) is 5.93. The number of aromatic amines is 1. The first-order chi connectivity index (χ1) is 15.2. The van der Waals surface area contributed by atoms with Gasteiger partial charge in [-0.3, -0.25) is 9.89 Å². The first kappa shape index (κ1) is 19.6. The van der Waals surface area contributed by atoms with Crippen molar-refractivity contribution in [2.24, 2.45) is 0 Å². The van der Waals surface area contributed by atoms with Gasteiger partial charge in [0, 0.05) is 24.3 Å². The molecule has 2 unspecified atom stereocenters. The topological polar surface area (TPSA) is 87.7 Å². The second-order valence-electron chi connectivity index (χ2n) is 7.88. The second-order valence-corrected chi connectivity index (χ2v) is 7.88. The van der Waals surface area contributed by atoms with Crippen LogP contribution >= 0.6 is 0 Å². The summed E-state index contributed by atoms with van der Waals surface area (Å²) < 4.78 is 11.5. The fourth-order valence-electron chi connectivity index (χ4n) is 4.56. The third-order valence-electron chi connectivity index (χ3n) is 5.93. The Balaban J connectivity index is 1.63. The van der Waals surface area contributed by atoms with Crippen molar-refractivity contribution in [3.05, 3.63) is 65.4 Å². The van der Waals surface area contributed by atoms with E-state index in [1.165, 1.54) is 0 Å². The lowest BCUT2D eigenvalue weighted by molar-refractivity contribution is 0.0495. The highest BCUT2D eigenvalue weighted by Crippen LogP contribution is 2.45. The number of amides is 1. The molecule has 2 N–H and O–H groups in total. The summed E-state index contributed by atoms with van der Waals surface area (Å²) in [7, 11) is 0. The van der Waals surface area contributed by atoms with Crippen LogP contribution in [0.15, 0.2) is 48.5 Å². The monoisotopic (exact) mass is 419 g/mol. The Morgan fingerprint density at radius 2 is 2.13 bits per heavy atom. The molecule has 7 heteroatoms. The van der Waals surface area contributed by atoms with Crippen molar-refractivity contribution in [2.75, 3.05) is 19.8 Å². The number of nitrogens with zero attached hydrogens (tertiary/aromatic N) is 2. The van der Waals surface area contributed by atoms with Gasteiger partial charge in [-0.1, -0.05) is 24.3 Å². The number of hydrogen-bond acceptors (Lipinski definition) is 5. The molecule has 2 aromatic carbocycles. The van der Waals surface area contributed by atoms with Crippen LogP contribution in [0, 0.1) is 0 Å². The van der Waals surface area contributed by atoms with E-state index < -0.39 is 0 Å². The van der Waals surface area contributed by atoms with Crippen molar-refractivity contribution in [2.45, 2.75) is 31.9 Å². The van der Waals surface area contributed by atoms with Crippen LogP contribution in [0.4, 0.5) is 0 Å². The van der Waals surface area contributed by atoms with Crippen LogP contribution in [-0.4, -0.2) is 52.0 Å². The quantitative estimate of drug-likeness (QED) is 0.633. The van der Waals surface area contributed by atoms with Gasteiger partial charge in [0.05, 0.1) is 18.8 Å². The molecule has 3 aromatic rings. The number of phenolic OH excluding ortho intramolecular Hbond substituents is 1. The van der Waals surface area contributed by atoms with Gasteiger partial charge in [-0.15, -0.1) is 0 Å². The van der Waals surface area contributed by atoms with Gasteiger partial charge in [0.1, 0.15) is 22.9 Å². The van der Waals surface area contributed by atoms with Gasteiger partial charge in [0.2, 0.25) is 0 Å². The Hall–Kier alpha value is -3.32. The molecule has 3 heterocycles. The molecule has 1 saturated heterocycles. The number of aromatic nitrogens is 2. The van der Waals surface area contributed by atoms with Gasteiger partial charge in [0.25, 0.3) is 5.91 Å². The van der Waals surface area contributed by atoms with E-state index in [-0.39, 0.29) is 23.8 Å². The van der Waals surface area contributed by atoms with Crippen molar-refractivity contribution in [1.29, 1.82) is 0 Å². The highest BCUT2D eigenvalue weighted by atomic mass is 16.5. The van der Waals surface area contributed by atoms with E-state index in [2.05, 4.69) is 10.2 Å². The summed E-state index contributed by atoms with van der Waals surface area (Å²) in [5.41, 5.74) is 3.36. The summed E-state index contributed by atoms with van der Waals surface area (Å²) >= 11 is 0. The Bertz CT molecular complexity index is 1100. The maximum atomic E-state index is 13.4. The first-order valence-corrected chi connectivity index (χ1v) is 10.7. The van der Waals surface area contributed by atoms with Crippen LogP contribution in [0.5, 0.6) is 11.5 Å². The number of hydrogen-bond donors (Lipinski definition) is 2. The Morgan fingerprint density at radius 1 is 1.26 bits per heavy atom. The van der Waals surface area contributed by atoms with E-state index in [0.29, 0.717) is 30.1 Å². The minimum atomic E-state index is -0.347. The molecule has 2 aliphatic rings. The molecular formula is C24H25N3O4. The zero-order valence-corrected chi connectivity index (χ0v) is 17.4. The number of aromatic hydroxyl groups is 1. The van der Waals surface area contributed by atoms with Crippen molar-refractivity contribution in [3.8, 4) is 22.8 Å². The molecule has 0 saturated carbocycles. The highest BCUT2D eigenvalue weighted by Gasteiger charge is 2.43. The molecule has 160 valence electrons. The van der Waals surface area contributed by atoms with E-state index in [1.807, 2.05) is 48.2 Å². The maximum Gasteiger partial charge on any atom is 0.273 e. The molecule has 1 fully saturated rings. The number of rotatable bonds is 6. The van der Waals surface area contributed by atoms with Gasteiger partial charge < -0.3 is 19.5 Å². The third kappa shape index (κ3) is 3.45. The van der Waals surface area contributed by atoms with Crippen molar-refractivity contribution < 1.29 is 19.4 Å². The minimum absolute atomic E-state index is 0.0204. The molecule has 1 amide bonds. The number of benzene rings is 2. The predicted molar refractivity (Wildman–Crippen MR) is 115 cm³/mol. The number of H-pyrrole nitrogens is 1. The molecule has 0 spiro atoms. The Labute approximate surface area is 180 Å². The Morgan fingerprint density at radius 3 is 2.90 bits per heavy atom. The number of ether oxygens (including phenoxy) is 2. The summed E-state index contributed by atoms with van der Waals surface area (Å²) in [6.45, 7) is 3.74. The van der Waals surface area contributed by atoms with Gasteiger partial charge in [0.15, 0.2) is 0 Å². The predicted octanol–water partition coefficient (Wildman–Crippen LogP) is 3.91. The van der Waals surface area contributed by atoms with Gasteiger partial charge in [-0.2, -0.15) is 5.10 Å². The molecule has 0 bridgehead atoms. The van der Waals surface area contributed by atoms with Crippen LogP contribution in [0.3, 0.4) is 0 Å². The van der Waals surface area contributed by atoms with E-state index >= 15 is 0 Å². The van der Waals surface area contributed by atoms with E-state index in [9.17, 15) is 9.90 Å². The van der Waals surface area contributed by atoms with E-state index in [1.54, 1.807) is 12.1 Å². The lowest BCUT2D eigenvalue weighted by Crippen LogP contribution is -2.36. The van der Waals surface area contributed by atoms with Crippen molar-refractivity contribution in [3.63, 3.8) is 0 Å². The fourth-order valence-corrected chi connectivity index (χ4v) is 4.56. The van der Waals surface area contributed by atoms with E-state index in [4.69, 9.17) is 9.47 Å². The molecular weight excluding hydrogens is 394 g/mol. The van der Waals surface area contributed by atoms with Gasteiger partial charge in [-0.25, -0.2) is 0 Å². The number of para-hydroxylation sites is 1. The lowest BCUT2D eigenvalue weighted by atomic mass is 9.95. The van der Waals surface area contributed by atoms with Crippen LogP contribution in [0.1, 0.15) is 47.4 Å². The summed E-state index contributed by atoms with van der Waals surface area (Å²) in [5.74, 6) is 0.778. The highest BCUT2D eigenvalue weighted by molar-refractivity contribution is 6.00. The standard InChI is InChI=1S/C24H25N3O4/c1-2-30-16-8-5-7-15(13-16)23-20-21(18-10-3-4-11-19(18)28)25-26-22(20)24(29)27(23)14-17-9-6-12-31-17/h3-5,7-8,10-11,13,17,23,28H,2,6,9,12,14H2,1H3,(H,25,26). The molecule has 1 aromatic heterocycles. The smallest absolute Gasteiger partial charge is 0.273 e. The number of phenols is 1. The van der Waals surface area contributed by atoms with Crippen molar-refractivity contribution in [1.82, 2.24) is 15.1 Å². The number of nitrogens with one attached hydrogen (secondary N) is 1. The van der Waals surface area contributed by atoms with Crippen LogP contribution in [0.2, 0.25) is 0 Å². The molecule has 31 heavy (non-hydrogen) atoms. The van der Waals surface area contributed by atoms with Crippen molar-refractivity contribution >= 4 is 5.91 Å². The van der Waals surface area contributed by atoms with E-state index in [0.717, 1.165) is 36.3 Å². The number of carbonyl (C=O) groups excluding carboxylic acids is 1. The van der Waals surface area contributed by atoms with Crippen LogP contribution in [0.25, 0.3) is 11.3 Å². The normalized spacial score (nSPS) is 20.3. The summed E-state index contributed by atoms with van der Waals surface area (Å²) in [5, 5.41) is 17.8. The molecule has 0 aliphatic carbocycles. The average Bonchev–Trinajstić information content (AvgIpc) is 3.49. The zero-order valence-electron chi connectivity index (χ0n) is 17.4. The largest absolute Gasteiger partial charge is 0.507 e. The SMILES string of the molecule is CCOc1cccc(C2c3c(-c4ccccc4O)n[nH]c3C(=O)N2CC2CCCO2)c1. The average molecular weight is 419 g/mol. The second kappa shape index (κ2) is 8.07. The molecule has 0 radical (unpaired) electrons. The lowest BCUT2D eigenvalue weighted by Gasteiger charge is -2.28. The number of fused-ring (bicyclic) bond motifs is 1. The number of carbonyl (C=O) groups is 1. The Kier molecular flexibility index (Phi) is 5.11. The van der Waals surface area contributed by atoms with Gasteiger partial charge in [-0.05, 0) is 49.6 Å². The fraction of sp³-hybridized carbons (Fsp3) is 0.333. The summed E-state index contributed by atoms with van der Waals surface area (Å²) in [6.07, 6.45) is 1.97. The zero-order chi connectivity index (χ0) is 21.4. The minimum Gasteiger partial charge on any atom is -0.507 e. The summed E-state index contributed by atoms with van der Waals surface area (Å²) in [4.78, 5) is 15.3.